The molecule has 354 valence electrons. The first kappa shape index (κ1) is 47.9. The number of benzene rings is 6. The lowest BCUT2D eigenvalue weighted by Gasteiger charge is -2.36. The third-order valence-corrected chi connectivity index (χ3v) is 14.6. The van der Waals surface area contributed by atoms with Crippen LogP contribution >= 0.6 is 0 Å². The molecule has 0 heterocycles. The summed E-state index contributed by atoms with van der Waals surface area (Å²) >= 11 is 0. The van der Waals surface area contributed by atoms with Gasteiger partial charge in [-0.15, -0.1) is 0 Å². The molecular formula is C66H54O6. The highest BCUT2D eigenvalue weighted by molar-refractivity contribution is 5.54. The van der Waals surface area contributed by atoms with E-state index >= 15 is 0 Å². The van der Waals surface area contributed by atoms with Gasteiger partial charge in [-0.1, -0.05) is 108 Å². The Bertz CT molecular complexity index is 2730. The van der Waals surface area contributed by atoms with Crippen molar-refractivity contribution in [3.8, 4) is 35.5 Å². The van der Waals surface area contributed by atoms with Crippen molar-refractivity contribution in [3.05, 3.63) is 285 Å². The number of rotatable bonds is 6. The largest absolute Gasteiger partial charge is 0.365 e. The van der Waals surface area contributed by atoms with Gasteiger partial charge >= 0.3 is 0 Å². The van der Waals surface area contributed by atoms with Crippen LogP contribution in [0.3, 0.4) is 0 Å². The molecule has 0 spiro atoms. The minimum Gasteiger partial charge on any atom is -0.365 e. The maximum absolute atomic E-state index is 6.18. The zero-order valence-corrected chi connectivity index (χ0v) is 41.2. The van der Waals surface area contributed by atoms with E-state index < -0.39 is 33.6 Å². The van der Waals surface area contributed by atoms with E-state index in [1.807, 2.05) is 72.8 Å². The summed E-state index contributed by atoms with van der Waals surface area (Å²) in [6.45, 7) is 0. The van der Waals surface area contributed by atoms with Crippen molar-refractivity contribution in [2.75, 3.05) is 42.7 Å². The van der Waals surface area contributed by atoms with Gasteiger partial charge < -0.3 is 28.4 Å². The van der Waals surface area contributed by atoms with E-state index in [0.29, 0.717) is 0 Å². The summed E-state index contributed by atoms with van der Waals surface area (Å²) in [4.78, 5) is 0. The highest BCUT2D eigenvalue weighted by Gasteiger charge is 2.39. The van der Waals surface area contributed by atoms with Crippen LogP contribution in [-0.2, 0) is 62.0 Å². The van der Waals surface area contributed by atoms with Gasteiger partial charge in [-0.05, 0) is 179 Å². The summed E-state index contributed by atoms with van der Waals surface area (Å²) < 4.78 is 37.1. The van der Waals surface area contributed by atoms with Gasteiger partial charge in [-0.3, -0.25) is 0 Å². The van der Waals surface area contributed by atoms with Gasteiger partial charge in [0.1, 0.15) is 33.6 Å². The molecule has 0 amide bonds. The van der Waals surface area contributed by atoms with Crippen molar-refractivity contribution in [3.63, 3.8) is 0 Å². The average molecular weight is 943 g/mol. The normalized spacial score (nSPS) is 26.2. The van der Waals surface area contributed by atoms with Crippen LogP contribution in [0.5, 0.6) is 0 Å². The quantitative estimate of drug-likeness (QED) is 0.122. The minimum absolute atomic E-state index is 0.785. The van der Waals surface area contributed by atoms with Crippen LogP contribution < -0.4 is 0 Å². The SMILES string of the molecule is COC12C=CC(OC)(C=C1)c1ccc(cc1)C#Cc1ccc(cc1)C1(OC)C=CC(OC)(C=C1)c1ccc(cc1)C#Cc1ccc(cc1)C1(OC)C=CC(OC)(C=C1)c1ccc(cc1)C#Cc1ccc2cc1. The molecule has 0 aromatic heterocycles. The van der Waals surface area contributed by atoms with Crippen LogP contribution in [-0.4, -0.2) is 42.7 Å². The Morgan fingerprint density at radius 3 is 0.403 bits per heavy atom. The maximum atomic E-state index is 6.18. The van der Waals surface area contributed by atoms with E-state index in [9.17, 15) is 0 Å². The Morgan fingerprint density at radius 1 is 0.194 bits per heavy atom. The average Bonchev–Trinajstić information content (AvgIpc) is 3.46. The van der Waals surface area contributed by atoms with E-state index in [2.05, 4.69) is 181 Å². The summed E-state index contributed by atoms with van der Waals surface area (Å²) in [5.74, 6) is 20.0. The van der Waals surface area contributed by atoms with Gasteiger partial charge in [0.05, 0.1) is 0 Å². The summed E-state index contributed by atoms with van der Waals surface area (Å²) in [6, 6.07) is 49.0. The molecule has 6 aromatic rings. The fourth-order valence-electron chi connectivity index (χ4n) is 9.81. The van der Waals surface area contributed by atoms with Gasteiger partial charge in [0.2, 0.25) is 0 Å². The van der Waals surface area contributed by atoms with Crippen LogP contribution in [0.4, 0.5) is 0 Å². The Hall–Kier alpha value is -7.80. The highest BCUT2D eigenvalue weighted by Crippen LogP contribution is 2.43. The molecule has 0 fully saturated rings. The number of ether oxygens (including phenoxy) is 6. The monoisotopic (exact) mass is 942 g/mol. The van der Waals surface area contributed by atoms with Gasteiger partial charge in [-0.25, -0.2) is 0 Å². The smallest absolute Gasteiger partial charge is 0.129 e. The molecule has 0 atom stereocenters. The fourth-order valence-corrected chi connectivity index (χ4v) is 9.81. The number of hydrogen-bond acceptors (Lipinski definition) is 6. The lowest BCUT2D eigenvalue weighted by Crippen LogP contribution is -2.33. The molecule has 16 aliphatic rings. The molecular weight excluding hydrogens is 889 g/mol. The molecule has 0 unspecified atom stereocenters. The van der Waals surface area contributed by atoms with Crippen molar-refractivity contribution >= 4 is 0 Å². The van der Waals surface area contributed by atoms with E-state index in [4.69, 9.17) is 28.4 Å². The first-order valence-electron chi connectivity index (χ1n) is 23.8. The first-order chi connectivity index (χ1) is 35.1. The van der Waals surface area contributed by atoms with E-state index in [1.165, 1.54) is 0 Å². The van der Waals surface area contributed by atoms with Crippen molar-refractivity contribution < 1.29 is 28.4 Å². The topological polar surface area (TPSA) is 55.4 Å². The fraction of sp³-hybridized carbons (Fsp3) is 0.182. The predicted octanol–water partition coefficient (Wildman–Crippen LogP) is 11.7. The van der Waals surface area contributed by atoms with E-state index in [1.54, 1.807) is 42.7 Å². The summed E-state index contributed by atoms with van der Waals surface area (Å²) in [5.41, 5.74) is 6.46. The van der Waals surface area contributed by atoms with Crippen molar-refractivity contribution in [2.24, 2.45) is 0 Å². The second-order valence-electron chi connectivity index (χ2n) is 18.2. The Morgan fingerprint density at radius 2 is 0.306 bits per heavy atom. The highest BCUT2D eigenvalue weighted by atomic mass is 16.5. The van der Waals surface area contributed by atoms with Crippen molar-refractivity contribution in [1.29, 1.82) is 0 Å². The third kappa shape index (κ3) is 8.75. The molecule has 0 radical (unpaired) electrons. The molecule has 0 aliphatic heterocycles. The van der Waals surface area contributed by atoms with Gasteiger partial charge in [0, 0.05) is 76.0 Å². The molecule has 18 bridgehead atoms. The van der Waals surface area contributed by atoms with Crippen LogP contribution in [0.25, 0.3) is 0 Å². The second kappa shape index (κ2) is 19.4. The first-order valence-corrected chi connectivity index (χ1v) is 23.8. The Kier molecular flexibility index (Phi) is 12.9. The molecule has 0 N–H and O–H groups in total. The lowest BCUT2D eigenvalue weighted by atomic mass is 9.81. The second-order valence-corrected chi connectivity index (χ2v) is 18.2. The molecule has 0 saturated carbocycles. The minimum atomic E-state index is -0.785. The molecule has 0 saturated heterocycles. The summed E-state index contributed by atoms with van der Waals surface area (Å²) in [5, 5.41) is 0. The van der Waals surface area contributed by atoms with E-state index in [-0.39, 0.29) is 0 Å². The van der Waals surface area contributed by atoms with Crippen LogP contribution in [0.1, 0.15) is 66.8 Å². The number of hydrogen-bond donors (Lipinski definition) is 0. The molecule has 22 rings (SSSR count). The van der Waals surface area contributed by atoms with Gasteiger partial charge in [0.25, 0.3) is 0 Å². The standard InChI is InChI=1S/C66H54O6/c1-67-61-37-39-62(68-2,40-38-61)56-27-15-51(16-28-56)9-10-52-19-31-58(32-20-52)65(71-5)45-47-66(72-6,48-46-65)60-35-23-54(24-36-60)12-11-53-21-33-59(34-22-53)64(70-4)43-41-63(69-3,42-44-64)57-29-17-50(18-30-57)8-7-49-13-25-55(61)26-14-49/h13-48H,1-6H3. The van der Waals surface area contributed by atoms with Crippen molar-refractivity contribution in [2.45, 2.75) is 33.6 Å². The van der Waals surface area contributed by atoms with Gasteiger partial charge in [-0.2, -0.15) is 0 Å². The summed E-state index contributed by atoms with van der Waals surface area (Å²) in [7, 11) is 10.3. The van der Waals surface area contributed by atoms with Crippen molar-refractivity contribution in [1.82, 2.24) is 0 Å². The van der Waals surface area contributed by atoms with E-state index in [0.717, 1.165) is 66.8 Å². The zero-order chi connectivity index (χ0) is 49.9. The van der Waals surface area contributed by atoms with Crippen LogP contribution in [0, 0.1) is 35.5 Å². The molecule has 6 aromatic carbocycles. The lowest BCUT2D eigenvalue weighted by molar-refractivity contribution is 0.0421. The molecule has 16 aliphatic carbocycles. The molecule has 6 heteroatoms. The predicted molar refractivity (Wildman–Crippen MR) is 284 cm³/mol. The molecule has 72 heavy (non-hydrogen) atoms. The van der Waals surface area contributed by atoms with Gasteiger partial charge in [0.15, 0.2) is 0 Å². The third-order valence-electron chi connectivity index (χ3n) is 14.6. The Balaban J connectivity index is 0.974. The Labute approximate surface area is 423 Å². The molecule has 6 nitrogen and oxygen atoms in total. The zero-order valence-electron chi connectivity index (χ0n) is 41.2. The number of methoxy groups -OCH3 is 6. The van der Waals surface area contributed by atoms with Crippen LogP contribution in [0.15, 0.2) is 219 Å². The van der Waals surface area contributed by atoms with Crippen LogP contribution in [0.2, 0.25) is 0 Å². The maximum Gasteiger partial charge on any atom is 0.129 e. The summed E-state index contributed by atoms with van der Waals surface area (Å²) in [6.07, 6.45) is 24.7.